The van der Waals surface area contributed by atoms with E-state index in [4.69, 9.17) is 5.73 Å². The number of piperidine rings is 1. The van der Waals surface area contributed by atoms with Gasteiger partial charge in [0.2, 0.25) is 0 Å². The van der Waals surface area contributed by atoms with Crippen LogP contribution in [0.5, 0.6) is 0 Å². The van der Waals surface area contributed by atoms with Gasteiger partial charge in [-0.05, 0) is 50.3 Å². The van der Waals surface area contributed by atoms with Crippen molar-refractivity contribution in [1.29, 1.82) is 0 Å². The maximum absolute atomic E-state index is 6.35. The van der Waals surface area contributed by atoms with Crippen LogP contribution in [0.1, 0.15) is 43.9 Å². The van der Waals surface area contributed by atoms with Crippen molar-refractivity contribution in [1.82, 2.24) is 4.90 Å². The fourth-order valence-corrected chi connectivity index (χ4v) is 3.09. The summed E-state index contributed by atoms with van der Waals surface area (Å²) in [5.74, 6) is 1.74. The largest absolute Gasteiger partial charge is 0.323 e. The Bertz CT molecular complexity index is 392. The Balaban J connectivity index is 1.85. The quantitative estimate of drug-likeness (QED) is 0.899. The van der Waals surface area contributed by atoms with Crippen LogP contribution in [-0.2, 0) is 0 Å². The third kappa shape index (κ3) is 4.05. The number of rotatable bonds is 4. The monoisotopic (exact) mass is 260 g/mol. The summed E-state index contributed by atoms with van der Waals surface area (Å²) in [6, 6.07) is 8.75. The van der Waals surface area contributed by atoms with Gasteiger partial charge in [-0.2, -0.15) is 0 Å². The van der Waals surface area contributed by atoms with Crippen LogP contribution < -0.4 is 5.73 Å². The second-order valence-electron chi connectivity index (χ2n) is 6.40. The van der Waals surface area contributed by atoms with Crippen LogP contribution in [0.25, 0.3) is 0 Å². The standard InChI is InChI=1S/C17H28N2/c1-13(2)15-7-9-19(10-8-15)12-17(18)16-6-4-5-14(3)11-16/h4-6,11,13,15,17H,7-10,12,18H2,1-3H3. The van der Waals surface area contributed by atoms with Gasteiger partial charge in [-0.15, -0.1) is 0 Å². The van der Waals surface area contributed by atoms with E-state index in [2.05, 4.69) is 49.9 Å². The minimum absolute atomic E-state index is 0.149. The zero-order valence-electron chi connectivity index (χ0n) is 12.6. The molecule has 1 aromatic carbocycles. The molecule has 0 amide bonds. The minimum atomic E-state index is 0.149. The van der Waals surface area contributed by atoms with Crippen molar-refractivity contribution in [3.05, 3.63) is 35.4 Å². The first-order chi connectivity index (χ1) is 9.06. The highest BCUT2D eigenvalue weighted by Crippen LogP contribution is 2.25. The number of likely N-dealkylation sites (tertiary alicyclic amines) is 1. The van der Waals surface area contributed by atoms with Gasteiger partial charge in [0.25, 0.3) is 0 Å². The van der Waals surface area contributed by atoms with Gasteiger partial charge in [-0.25, -0.2) is 0 Å². The summed E-state index contributed by atoms with van der Waals surface area (Å²) in [5, 5.41) is 0. The highest BCUT2D eigenvalue weighted by molar-refractivity contribution is 5.25. The van der Waals surface area contributed by atoms with Crippen LogP contribution in [-0.4, -0.2) is 24.5 Å². The molecule has 1 atom stereocenters. The molecule has 0 aliphatic carbocycles. The lowest BCUT2D eigenvalue weighted by Crippen LogP contribution is -2.39. The molecule has 1 aliphatic heterocycles. The van der Waals surface area contributed by atoms with E-state index < -0.39 is 0 Å². The van der Waals surface area contributed by atoms with Crippen molar-refractivity contribution < 1.29 is 0 Å². The SMILES string of the molecule is Cc1cccc(C(N)CN2CCC(C(C)C)CC2)c1. The summed E-state index contributed by atoms with van der Waals surface area (Å²) in [5.41, 5.74) is 8.91. The summed E-state index contributed by atoms with van der Waals surface area (Å²) < 4.78 is 0. The normalized spacial score (nSPS) is 19.8. The molecule has 2 nitrogen and oxygen atoms in total. The molecule has 0 radical (unpaired) electrons. The Morgan fingerprint density at radius 2 is 1.95 bits per heavy atom. The maximum atomic E-state index is 6.35. The fourth-order valence-electron chi connectivity index (χ4n) is 3.09. The summed E-state index contributed by atoms with van der Waals surface area (Å²) in [7, 11) is 0. The fraction of sp³-hybridized carbons (Fsp3) is 0.647. The second-order valence-corrected chi connectivity index (χ2v) is 6.40. The average molecular weight is 260 g/mol. The topological polar surface area (TPSA) is 29.3 Å². The molecular weight excluding hydrogens is 232 g/mol. The molecule has 1 aromatic rings. The molecule has 2 N–H and O–H groups in total. The number of nitrogens with two attached hydrogens (primary N) is 1. The third-order valence-electron chi connectivity index (χ3n) is 4.50. The Labute approximate surface area is 118 Å². The van der Waals surface area contributed by atoms with Crippen molar-refractivity contribution in [3.63, 3.8) is 0 Å². The van der Waals surface area contributed by atoms with Crippen LogP contribution >= 0.6 is 0 Å². The van der Waals surface area contributed by atoms with Gasteiger partial charge in [0.05, 0.1) is 0 Å². The van der Waals surface area contributed by atoms with E-state index in [1.807, 2.05) is 0 Å². The molecule has 19 heavy (non-hydrogen) atoms. The van der Waals surface area contributed by atoms with Crippen LogP contribution in [0.4, 0.5) is 0 Å². The van der Waals surface area contributed by atoms with Gasteiger partial charge in [0.15, 0.2) is 0 Å². The second kappa shape index (κ2) is 6.53. The van der Waals surface area contributed by atoms with Crippen LogP contribution in [0.3, 0.4) is 0 Å². The molecule has 1 saturated heterocycles. The molecule has 0 saturated carbocycles. The van der Waals surface area contributed by atoms with Crippen molar-refractivity contribution in [2.45, 2.75) is 39.7 Å². The molecular formula is C17H28N2. The smallest absolute Gasteiger partial charge is 0.0424 e. The van der Waals surface area contributed by atoms with Crippen LogP contribution in [0, 0.1) is 18.8 Å². The van der Waals surface area contributed by atoms with E-state index in [1.54, 1.807) is 0 Å². The predicted molar refractivity (Wildman–Crippen MR) is 82.1 cm³/mol. The number of benzene rings is 1. The molecule has 2 rings (SSSR count). The van der Waals surface area contributed by atoms with E-state index in [1.165, 1.54) is 37.1 Å². The summed E-state index contributed by atoms with van der Waals surface area (Å²) >= 11 is 0. The highest BCUT2D eigenvalue weighted by atomic mass is 15.1. The number of aryl methyl sites for hydroxylation is 1. The van der Waals surface area contributed by atoms with Crippen LogP contribution in [0.2, 0.25) is 0 Å². The molecule has 2 heteroatoms. The number of hydrogen-bond acceptors (Lipinski definition) is 2. The maximum Gasteiger partial charge on any atom is 0.0424 e. The van der Waals surface area contributed by atoms with Crippen LogP contribution in [0.15, 0.2) is 24.3 Å². The first-order valence-electron chi connectivity index (χ1n) is 7.60. The molecule has 1 unspecified atom stereocenters. The lowest BCUT2D eigenvalue weighted by molar-refractivity contribution is 0.151. The first-order valence-corrected chi connectivity index (χ1v) is 7.60. The zero-order chi connectivity index (χ0) is 13.8. The van der Waals surface area contributed by atoms with Crippen molar-refractivity contribution >= 4 is 0 Å². The van der Waals surface area contributed by atoms with Gasteiger partial charge >= 0.3 is 0 Å². The Morgan fingerprint density at radius 1 is 1.26 bits per heavy atom. The average Bonchev–Trinajstić information content (AvgIpc) is 2.39. The Hall–Kier alpha value is -0.860. The van der Waals surface area contributed by atoms with Crippen molar-refractivity contribution in [2.24, 2.45) is 17.6 Å². The highest BCUT2D eigenvalue weighted by Gasteiger charge is 2.22. The van der Waals surface area contributed by atoms with Gasteiger partial charge < -0.3 is 10.6 Å². The predicted octanol–water partition coefficient (Wildman–Crippen LogP) is 3.36. The van der Waals surface area contributed by atoms with E-state index in [9.17, 15) is 0 Å². The molecule has 1 fully saturated rings. The lowest BCUT2D eigenvalue weighted by Gasteiger charge is -2.35. The molecule has 1 aliphatic rings. The summed E-state index contributed by atoms with van der Waals surface area (Å²) in [6.07, 6.45) is 2.66. The summed E-state index contributed by atoms with van der Waals surface area (Å²) in [4.78, 5) is 2.53. The molecule has 0 bridgehead atoms. The van der Waals surface area contributed by atoms with Gasteiger partial charge in [0.1, 0.15) is 0 Å². The molecule has 0 aromatic heterocycles. The lowest BCUT2D eigenvalue weighted by atomic mass is 9.86. The van der Waals surface area contributed by atoms with E-state index in [0.717, 1.165) is 18.4 Å². The number of nitrogens with zero attached hydrogens (tertiary/aromatic N) is 1. The van der Waals surface area contributed by atoms with Gasteiger partial charge in [0, 0.05) is 12.6 Å². The zero-order valence-corrected chi connectivity index (χ0v) is 12.6. The van der Waals surface area contributed by atoms with Gasteiger partial charge in [-0.3, -0.25) is 0 Å². The molecule has 1 heterocycles. The first kappa shape index (κ1) is 14.5. The number of hydrogen-bond donors (Lipinski definition) is 1. The third-order valence-corrected chi connectivity index (χ3v) is 4.50. The van der Waals surface area contributed by atoms with Gasteiger partial charge in [-0.1, -0.05) is 43.7 Å². The summed E-state index contributed by atoms with van der Waals surface area (Å²) in [6.45, 7) is 10.2. The van der Waals surface area contributed by atoms with Crippen molar-refractivity contribution in [2.75, 3.05) is 19.6 Å². The van der Waals surface area contributed by atoms with E-state index in [0.29, 0.717) is 0 Å². The minimum Gasteiger partial charge on any atom is -0.323 e. The van der Waals surface area contributed by atoms with E-state index in [-0.39, 0.29) is 6.04 Å². The van der Waals surface area contributed by atoms with E-state index >= 15 is 0 Å². The Morgan fingerprint density at radius 3 is 2.53 bits per heavy atom. The van der Waals surface area contributed by atoms with Crippen molar-refractivity contribution in [3.8, 4) is 0 Å². The molecule has 106 valence electrons. The Kier molecular flexibility index (Phi) is 5.00. The molecule has 0 spiro atoms.